The number of piperazine rings is 1. The van der Waals surface area contributed by atoms with E-state index in [-0.39, 0.29) is 22.4 Å². The number of aromatic nitrogens is 2. The zero-order chi connectivity index (χ0) is 23.9. The molecule has 1 aromatic carbocycles. The van der Waals surface area contributed by atoms with Gasteiger partial charge < -0.3 is 4.90 Å². The van der Waals surface area contributed by atoms with Crippen molar-refractivity contribution in [1.29, 1.82) is 0 Å². The van der Waals surface area contributed by atoms with E-state index in [9.17, 15) is 22.0 Å². The van der Waals surface area contributed by atoms with Crippen molar-refractivity contribution >= 4 is 15.7 Å². The quantitative estimate of drug-likeness (QED) is 0.638. The summed E-state index contributed by atoms with van der Waals surface area (Å²) in [7, 11) is -3.30. The number of sulfonamides is 1. The fraction of sp³-hybridized carbons (Fsp3) is 0.583. The first-order valence-electron chi connectivity index (χ1n) is 12.2. The lowest BCUT2D eigenvalue weighted by atomic mass is 9.97. The molecule has 184 valence electrons. The Bertz CT molecular complexity index is 1190. The summed E-state index contributed by atoms with van der Waals surface area (Å²) in [5, 5.41) is 3.99. The molecular weight excluding hydrogens is 462 g/mol. The van der Waals surface area contributed by atoms with Gasteiger partial charge >= 0.3 is 0 Å². The molecule has 2 aromatic rings. The number of benzene rings is 1. The first-order valence-corrected chi connectivity index (χ1v) is 13.7. The molecule has 0 N–H and O–H groups in total. The lowest BCUT2D eigenvalue weighted by molar-refractivity contribution is 0.378. The Morgan fingerprint density at radius 3 is 2.06 bits per heavy atom. The lowest BCUT2D eigenvalue weighted by Crippen LogP contribution is -2.51. The van der Waals surface area contributed by atoms with Crippen molar-refractivity contribution < 1.29 is 17.2 Å². The Morgan fingerprint density at radius 2 is 1.44 bits per heavy atom. The van der Waals surface area contributed by atoms with Gasteiger partial charge in [0, 0.05) is 37.8 Å². The number of anilines is 1. The van der Waals surface area contributed by atoms with Crippen molar-refractivity contribution in [3.05, 3.63) is 51.9 Å². The summed E-state index contributed by atoms with van der Waals surface area (Å²) in [6.07, 6.45) is 8.78. The van der Waals surface area contributed by atoms with Crippen LogP contribution in [0.5, 0.6) is 0 Å². The molecule has 5 rings (SSSR count). The molecule has 2 heterocycles. The van der Waals surface area contributed by atoms with Crippen LogP contribution >= 0.6 is 0 Å². The summed E-state index contributed by atoms with van der Waals surface area (Å²) in [5.74, 6) is -1.49. The predicted octanol–water partition coefficient (Wildman–Crippen LogP) is 3.56. The van der Waals surface area contributed by atoms with Gasteiger partial charge in [-0.25, -0.2) is 17.2 Å². The second kappa shape index (κ2) is 9.37. The molecule has 0 atom stereocenters. The van der Waals surface area contributed by atoms with Gasteiger partial charge in [-0.1, -0.05) is 25.7 Å². The predicted molar refractivity (Wildman–Crippen MR) is 126 cm³/mol. The highest BCUT2D eigenvalue weighted by atomic mass is 32.2. The molecular formula is C24H30F2N4O3S. The van der Waals surface area contributed by atoms with Crippen molar-refractivity contribution in [2.45, 2.75) is 62.5 Å². The number of hydrogen-bond donors (Lipinski definition) is 0. The Labute approximate surface area is 198 Å². The third kappa shape index (κ3) is 4.37. The largest absolute Gasteiger partial charge is 0.367 e. The van der Waals surface area contributed by atoms with E-state index < -0.39 is 21.7 Å². The number of rotatable bonds is 5. The maximum absolute atomic E-state index is 13.8. The topological polar surface area (TPSA) is 75.5 Å². The number of hydrogen-bond acceptors (Lipinski definition) is 5. The third-order valence-electron chi connectivity index (χ3n) is 7.51. The fourth-order valence-corrected chi connectivity index (χ4v) is 7.76. The Balaban J connectivity index is 1.45. The van der Waals surface area contributed by atoms with Crippen molar-refractivity contribution in [2.75, 3.05) is 31.1 Å². The summed E-state index contributed by atoms with van der Waals surface area (Å²) in [5.41, 5.74) is 1.02. The second-order valence-electron chi connectivity index (χ2n) is 9.61. The first-order chi connectivity index (χ1) is 16.3. The SMILES string of the molecule is O=c1c(C2CCCC2)c(N2CCN(S(=O)(=O)C3CCCC3)CC2)cnn1-c1cc(F)cc(F)c1. The molecule has 1 saturated heterocycles. The maximum Gasteiger partial charge on any atom is 0.277 e. The van der Waals surface area contributed by atoms with Gasteiger partial charge in [-0.2, -0.15) is 14.1 Å². The summed E-state index contributed by atoms with van der Waals surface area (Å²) in [6.45, 7) is 1.71. The summed E-state index contributed by atoms with van der Waals surface area (Å²) in [4.78, 5) is 15.6. The third-order valence-corrected chi connectivity index (χ3v) is 9.91. The normalized spacial score (nSPS) is 20.9. The van der Waals surface area contributed by atoms with Gasteiger partial charge in [0.15, 0.2) is 0 Å². The van der Waals surface area contributed by atoms with Crippen LogP contribution in [0.25, 0.3) is 5.69 Å². The second-order valence-corrected chi connectivity index (χ2v) is 11.8. The average Bonchev–Trinajstić information content (AvgIpc) is 3.53. The van der Waals surface area contributed by atoms with Crippen molar-refractivity contribution in [3.63, 3.8) is 0 Å². The highest BCUT2D eigenvalue weighted by Gasteiger charge is 2.37. The van der Waals surface area contributed by atoms with Crippen LogP contribution in [0.4, 0.5) is 14.5 Å². The maximum atomic E-state index is 13.8. The van der Waals surface area contributed by atoms with Gasteiger partial charge in [0.05, 0.1) is 22.8 Å². The van der Waals surface area contributed by atoms with E-state index >= 15 is 0 Å². The molecule has 0 spiro atoms. The molecule has 1 aromatic heterocycles. The lowest BCUT2D eigenvalue weighted by Gasteiger charge is -2.37. The molecule has 0 unspecified atom stereocenters. The van der Waals surface area contributed by atoms with E-state index in [2.05, 4.69) is 5.10 Å². The van der Waals surface area contributed by atoms with Crippen LogP contribution in [0.15, 0.2) is 29.2 Å². The van der Waals surface area contributed by atoms with Gasteiger partial charge in [-0.3, -0.25) is 4.79 Å². The van der Waals surface area contributed by atoms with Crippen LogP contribution in [0, 0.1) is 11.6 Å². The van der Waals surface area contributed by atoms with Crippen molar-refractivity contribution in [1.82, 2.24) is 14.1 Å². The molecule has 0 radical (unpaired) electrons. The standard InChI is InChI=1S/C24H30F2N4O3S/c25-18-13-19(26)15-20(14-18)30-24(31)23(17-5-1-2-6-17)22(16-27-30)28-9-11-29(12-10-28)34(32,33)21-7-3-4-8-21/h13-17,21H,1-12H2. The molecule has 3 aliphatic rings. The van der Waals surface area contributed by atoms with Crippen LogP contribution in [-0.4, -0.2) is 53.9 Å². The van der Waals surface area contributed by atoms with E-state index in [1.807, 2.05) is 4.90 Å². The van der Waals surface area contributed by atoms with Crippen LogP contribution in [0.1, 0.15) is 62.8 Å². The molecule has 7 nitrogen and oxygen atoms in total. The molecule has 1 aliphatic heterocycles. The Morgan fingerprint density at radius 1 is 0.853 bits per heavy atom. The summed E-state index contributed by atoms with van der Waals surface area (Å²) < 4.78 is 56.3. The zero-order valence-electron chi connectivity index (χ0n) is 19.1. The molecule has 3 fully saturated rings. The van der Waals surface area contributed by atoms with Crippen LogP contribution in [0.2, 0.25) is 0 Å². The van der Waals surface area contributed by atoms with Crippen LogP contribution < -0.4 is 10.5 Å². The molecule has 0 amide bonds. The fourth-order valence-electron chi connectivity index (χ4n) is 5.73. The van der Waals surface area contributed by atoms with Gasteiger partial charge in [0.1, 0.15) is 11.6 Å². The van der Waals surface area contributed by atoms with Gasteiger partial charge in [-0.15, -0.1) is 0 Å². The molecule has 0 bridgehead atoms. The van der Waals surface area contributed by atoms with Gasteiger partial charge in [0.2, 0.25) is 10.0 Å². The van der Waals surface area contributed by atoms with E-state index in [1.54, 1.807) is 10.5 Å². The molecule has 2 aliphatic carbocycles. The van der Waals surface area contributed by atoms with Crippen LogP contribution in [0.3, 0.4) is 0 Å². The van der Waals surface area contributed by atoms with E-state index in [1.165, 1.54) is 0 Å². The van der Waals surface area contributed by atoms with E-state index in [4.69, 9.17) is 0 Å². The summed E-state index contributed by atoms with van der Waals surface area (Å²) in [6, 6.07) is 2.96. The first kappa shape index (κ1) is 23.4. The van der Waals surface area contributed by atoms with E-state index in [0.29, 0.717) is 37.4 Å². The highest BCUT2D eigenvalue weighted by molar-refractivity contribution is 7.89. The van der Waals surface area contributed by atoms with Gasteiger partial charge in [-0.05, 0) is 43.7 Å². The Hall–Kier alpha value is -2.33. The Kier molecular flexibility index (Phi) is 6.45. The van der Waals surface area contributed by atoms with Crippen molar-refractivity contribution in [2.24, 2.45) is 0 Å². The number of halogens is 2. The molecule has 34 heavy (non-hydrogen) atoms. The highest BCUT2D eigenvalue weighted by Crippen LogP contribution is 2.37. The van der Waals surface area contributed by atoms with Gasteiger partial charge in [0.25, 0.3) is 5.56 Å². The molecule has 2 saturated carbocycles. The minimum Gasteiger partial charge on any atom is -0.367 e. The smallest absolute Gasteiger partial charge is 0.277 e. The minimum atomic E-state index is -3.30. The average molecular weight is 493 g/mol. The van der Waals surface area contributed by atoms with E-state index in [0.717, 1.165) is 74.2 Å². The molecule has 10 heteroatoms. The summed E-state index contributed by atoms with van der Waals surface area (Å²) >= 11 is 0. The van der Waals surface area contributed by atoms with Crippen LogP contribution in [-0.2, 0) is 10.0 Å². The minimum absolute atomic E-state index is 0.0513. The zero-order valence-corrected chi connectivity index (χ0v) is 19.9. The monoisotopic (exact) mass is 492 g/mol. The number of nitrogens with zero attached hydrogens (tertiary/aromatic N) is 4. The van der Waals surface area contributed by atoms with Crippen molar-refractivity contribution in [3.8, 4) is 5.69 Å².